The molecule has 0 atom stereocenters. The maximum absolute atomic E-state index is 12.5. The zero-order valence-corrected chi connectivity index (χ0v) is 13.9. The summed E-state index contributed by atoms with van der Waals surface area (Å²) in [4.78, 5) is 16.0. The Morgan fingerprint density at radius 3 is 2.65 bits per heavy atom. The molecule has 3 N–H and O–H groups in total. The Kier molecular flexibility index (Phi) is 6.00. The molecular formula is C12H18F2N4O3S2. The highest BCUT2D eigenvalue weighted by Gasteiger charge is 2.34. The maximum Gasteiger partial charge on any atom is 0.350 e. The van der Waals surface area contributed by atoms with Gasteiger partial charge in [-0.15, -0.1) is 11.3 Å². The third-order valence-electron chi connectivity index (χ3n) is 3.67. The lowest BCUT2D eigenvalue weighted by Crippen LogP contribution is -2.43. The lowest BCUT2D eigenvalue weighted by molar-refractivity contribution is 0.0936. The molecule has 0 bridgehead atoms. The second kappa shape index (κ2) is 7.60. The topological polar surface area (TPSA) is 105 Å². The van der Waals surface area contributed by atoms with Crippen LogP contribution < -0.4 is 11.1 Å². The number of sulfonamides is 1. The van der Waals surface area contributed by atoms with Gasteiger partial charge in [-0.3, -0.25) is 4.79 Å². The number of carbonyl (C=O) groups excluding carboxylic acids is 1. The minimum absolute atomic E-state index is 0.0429. The van der Waals surface area contributed by atoms with E-state index in [1.165, 1.54) is 11.3 Å². The van der Waals surface area contributed by atoms with Gasteiger partial charge in [0, 0.05) is 31.6 Å². The van der Waals surface area contributed by atoms with E-state index < -0.39 is 15.8 Å². The fraction of sp³-hybridized carbons (Fsp3) is 0.667. The quantitative estimate of drug-likeness (QED) is 0.765. The Bertz CT molecular complexity index is 642. The molecule has 0 aliphatic carbocycles. The molecule has 11 heteroatoms. The van der Waals surface area contributed by atoms with Crippen molar-refractivity contribution in [1.29, 1.82) is 0 Å². The molecule has 130 valence electrons. The Hall–Kier alpha value is -1.17. The summed E-state index contributed by atoms with van der Waals surface area (Å²) >= 11 is 1.30. The van der Waals surface area contributed by atoms with Crippen LogP contribution in [0.5, 0.6) is 0 Å². The molecule has 7 nitrogen and oxygen atoms in total. The van der Waals surface area contributed by atoms with E-state index in [1.807, 2.05) is 0 Å². The fourth-order valence-corrected chi connectivity index (χ4v) is 3.92. The van der Waals surface area contributed by atoms with Crippen LogP contribution in [-0.4, -0.2) is 49.0 Å². The van der Waals surface area contributed by atoms with Gasteiger partial charge in [0.2, 0.25) is 0 Å². The highest BCUT2D eigenvalue weighted by molar-refractivity contribution is 7.89. The van der Waals surface area contributed by atoms with Crippen LogP contribution in [0.1, 0.15) is 28.3 Å². The predicted octanol–water partition coefficient (Wildman–Crippen LogP) is 0.596. The lowest BCUT2D eigenvalue weighted by Gasteiger charge is -2.30. The molecule has 0 aromatic carbocycles. The summed E-state index contributed by atoms with van der Waals surface area (Å²) in [6.07, 6.45) is 0.856. The molecule has 1 saturated heterocycles. The molecular weight excluding hydrogens is 350 g/mol. The summed E-state index contributed by atoms with van der Waals surface area (Å²) < 4.78 is 48.5. The van der Waals surface area contributed by atoms with E-state index in [2.05, 4.69) is 10.3 Å². The van der Waals surface area contributed by atoms with Gasteiger partial charge in [0.05, 0.1) is 0 Å². The monoisotopic (exact) mass is 368 g/mol. The average Bonchev–Trinajstić information content (AvgIpc) is 3.02. The van der Waals surface area contributed by atoms with Crippen LogP contribution in [0.25, 0.3) is 0 Å². The second-order valence-electron chi connectivity index (χ2n) is 5.19. The number of thiazole rings is 1. The molecule has 2 heterocycles. The second-order valence-corrected chi connectivity index (χ2v) is 8.03. The third-order valence-corrected chi connectivity index (χ3v) is 6.08. The largest absolute Gasteiger partial charge is 0.350 e. The summed E-state index contributed by atoms with van der Waals surface area (Å²) in [5, 5.41) is 5.02. The summed E-state index contributed by atoms with van der Waals surface area (Å²) in [6.45, 7) is 0.717. The molecule has 23 heavy (non-hydrogen) atoms. The molecule has 1 aromatic rings. The first-order chi connectivity index (χ1) is 10.8. The van der Waals surface area contributed by atoms with Crippen LogP contribution in [0.4, 0.5) is 8.78 Å². The molecule has 0 radical (unpaired) electrons. The van der Waals surface area contributed by atoms with Gasteiger partial charge < -0.3 is 11.1 Å². The van der Waals surface area contributed by atoms with Crippen LogP contribution in [0.3, 0.4) is 0 Å². The minimum atomic E-state index is -4.51. The summed E-state index contributed by atoms with van der Waals surface area (Å²) in [7, 11) is -4.51. The molecule has 0 saturated carbocycles. The van der Waals surface area contributed by atoms with Gasteiger partial charge in [0.1, 0.15) is 10.7 Å². The first-order valence-corrected chi connectivity index (χ1v) is 9.42. The number of nitrogens with zero attached hydrogens (tertiary/aromatic N) is 2. The predicted molar refractivity (Wildman–Crippen MR) is 81.6 cm³/mol. The van der Waals surface area contributed by atoms with E-state index in [0.717, 1.165) is 4.31 Å². The van der Waals surface area contributed by atoms with Crippen molar-refractivity contribution in [3.63, 3.8) is 0 Å². The van der Waals surface area contributed by atoms with E-state index in [-0.39, 0.29) is 31.5 Å². The van der Waals surface area contributed by atoms with Gasteiger partial charge in [-0.1, -0.05) is 0 Å². The Morgan fingerprint density at radius 1 is 1.48 bits per heavy atom. The number of nitrogens with two attached hydrogens (primary N) is 1. The van der Waals surface area contributed by atoms with Crippen molar-refractivity contribution < 1.29 is 22.0 Å². The van der Waals surface area contributed by atoms with E-state index in [0.29, 0.717) is 30.1 Å². The van der Waals surface area contributed by atoms with Gasteiger partial charge in [0.15, 0.2) is 0 Å². The fourth-order valence-electron chi connectivity index (χ4n) is 2.32. The number of piperidine rings is 1. The molecule has 2 rings (SSSR count). The molecule has 1 aliphatic heterocycles. The first-order valence-electron chi connectivity index (χ1n) is 7.04. The number of hydrogen-bond donors (Lipinski definition) is 2. The Morgan fingerprint density at radius 2 is 2.13 bits per heavy atom. The normalized spacial score (nSPS) is 17.6. The van der Waals surface area contributed by atoms with Gasteiger partial charge in [-0.25, -0.2) is 13.4 Å². The highest BCUT2D eigenvalue weighted by atomic mass is 32.2. The summed E-state index contributed by atoms with van der Waals surface area (Å²) in [6, 6.07) is 0. The number of nitrogens with one attached hydrogen (secondary N) is 1. The summed E-state index contributed by atoms with van der Waals surface area (Å²) in [5.74, 6) is -3.65. The molecule has 1 amide bonds. The zero-order valence-electron chi connectivity index (χ0n) is 12.2. The van der Waals surface area contributed by atoms with Crippen molar-refractivity contribution in [1.82, 2.24) is 14.6 Å². The molecule has 1 aliphatic rings. The Balaban J connectivity index is 1.80. The molecule has 0 unspecified atom stereocenters. The zero-order chi connectivity index (χ0) is 17.0. The first kappa shape index (κ1) is 18.2. The van der Waals surface area contributed by atoms with Crippen LogP contribution >= 0.6 is 11.3 Å². The van der Waals surface area contributed by atoms with Crippen molar-refractivity contribution >= 4 is 27.3 Å². The van der Waals surface area contributed by atoms with E-state index in [4.69, 9.17) is 5.73 Å². The number of hydrogen-bond acceptors (Lipinski definition) is 6. The molecule has 1 aromatic heterocycles. The molecule has 1 fully saturated rings. The molecule has 0 spiro atoms. The highest BCUT2D eigenvalue weighted by Crippen LogP contribution is 2.22. The average molecular weight is 368 g/mol. The van der Waals surface area contributed by atoms with Crippen LogP contribution in [0, 0.1) is 5.92 Å². The van der Waals surface area contributed by atoms with Crippen LogP contribution in [0.15, 0.2) is 5.38 Å². The van der Waals surface area contributed by atoms with Crippen molar-refractivity contribution in [2.75, 3.05) is 19.6 Å². The smallest absolute Gasteiger partial charge is 0.350 e. The number of alkyl halides is 2. The number of carbonyl (C=O) groups is 1. The van der Waals surface area contributed by atoms with E-state index in [9.17, 15) is 22.0 Å². The third kappa shape index (κ3) is 4.43. The number of rotatable bonds is 6. The van der Waals surface area contributed by atoms with Gasteiger partial charge in [0.25, 0.3) is 15.9 Å². The van der Waals surface area contributed by atoms with Crippen molar-refractivity contribution in [2.24, 2.45) is 11.7 Å². The van der Waals surface area contributed by atoms with Crippen molar-refractivity contribution in [3.8, 4) is 0 Å². The standard InChI is InChI=1S/C12H18F2N4O3S2/c13-12(14)23(20,21)18-3-1-8(2-4-18)6-16-11(19)9-7-22-10(5-15)17-9/h7-8,12H,1-6,15H2,(H,16,19). The minimum Gasteiger partial charge on any atom is -0.350 e. The van der Waals surface area contributed by atoms with E-state index >= 15 is 0 Å². The van der Waals surface area contributed by atoms with Gasteiger partial charge >= 0.3 is 5.76 Å². The van der Waals surface area contributed by atoms with Gasteiger partial charge in [-0.2, -0.15) is 13.1 Å². The van der Waals surface area contributed by atoms with Gasteiger partial charge in [-0.05, 0) is 18.8 Å². The number of halogens is 2. The van der Waals surface area contributed by atoms with Crippen molar-refractivity contribution in [3.05, 3.63) is 16.1 Å². The lowest BCUT2D eigenvalue weighted by atomic mass is 9.98. The SMILES string of the molecule is NCc1nc(C(=O)NCC2CCN(S(=O)(=O)C(F)F)CC2)cs1. The van der Waals surface area contributed by atoms with Crippen LogP contribution in [0.2, 0.25) is 0 Å². The maximum atomic E-state index is 12.5. The summed E-state index contributed by atoms with van der Waals surface area (Å²) in [5.41, 5.74) is 5.73. The Labute approximate surface area is 136 Å². The van der Waals surface area contributed by atoms with Crippen LogP contribution in [-0.2, 0) is 16.6 Å². The van der Waals surface area contributed by atoms with Crippen molar-refractivity contribution in [2.45, 2.75) is 25.1 Å². The number of amides is 1. The van der Waals surface area contributed by atoms with E-state index in [1.54, 1.807) is 5.38 Å². The number of aromatic nitrogens is 1.